The topological polar surface area (TPSA) is 17.0 Å². The average molecular weight is 295 g/mol. The van der Waals surface area contributed by atoms with Crippen LogP contribution in [0.5, 0.6) is 0 Å². The van der Waals surface area contributed by atoms with Gasteiger partial charge in [0.15, 0.2) is 0 Å². The Morgan fingerprint density at radius 2 is 2.05 bits per heavy atom. The first-order valence-electron chi connectivity index (χ1n) is 7.27. The maximum atomic E-state index is 13.9. The molecular weight excluding hydrogens is 275 g/mol. The van der Waals surface area contributed by atoms with Gasteiger partial charge in [0.1, 0.15) is 5.82 Å². The summed E-state index contributed by atoms with van der Waals surface area (Å²) >= 11 is 0. The van der Waals surface area contributed by atoms with E-state index in [1.807, 2.05) is 0 Å². The lowest BCUT2D eigenvalue weighted by Crippen LogP contribution is -2.20. The standard InChI is InChI=1S/C16H19FN2.ClH/c1-10-6-11-7-12(17)8-14-13-2-4-18-5-3-15(13)19(9-10)16(11)14;/h7-8,10,18H,2-6,9H2,1H3;1H. The third-order valence-corrected chi connectivity index (χ3v) is 4.58. The van der Waals surface area contributed by atoms with E-state index in [1.165, 1.54) is 27.7 Å². The minimum atomic E-state index is -0.0752. The van der Waals surface area contributed by atoms with Gasteiger partial charge < -0.3 is 9.88 Å². The van der Waals surface area contributed by atoms with Crippen molar-refractivity contribution in [1.29, 1.82) is 0 Å². The van der Waals surface area contributed by atoms with Crippen LogP contribution in [0.15, 0.2) is 12.1 Å². The number of nitrogens with one attached hydrogen (secondary N) is 1. The molecular formula is C16H20ClFN2. The number of halogens is 2. The van der Waals surface area contributed by atoms with Crippen molar-refractivity contribution in [2.45, 2.75) is 32.7 Å². The van der Waals surface area contributed by atoms with Crippen molar-refractivity contribution < 1.29 is 4.39 Å². The quantitative estimate of drug-likeness (QED) is 0.790. The molecule has 0 fully saturated rings. The molecule has 2 nitrogen and oxygen atoms in total. The van der Waals surface area contributed by atoms with E-state index >= 15 is 0 Å². The monoisotopic (exact) mass is 294 g/mol. The molecule has 1 N–H and O–H groups in total. The summed E-state index contributed by atoms with van der Waals surface area (Å²) in [5.74, 6) is 0.527. The molecule has 2 aliphatic heterocycles. The first-order chi connectivity index (χ1) is 9.24. The van der Waals surface area contributed by atoms with Crippen LogP contribution in [0.2, 0.25) is 0 Å². The lowest BCUT2D eigenvalue weighted by Gasteiger charge is -2.23. The third-order valence-electron chi connectivity index (χ3n) is 4.58. The van der Waals surface area contributed by atoms with E-state index in [9.17, 15) is 4.39 Å². The van der Waals surface area contributed by atoms with E-state index in [1.54, 1.807) is 12.1 Å². The Bertz CT molecular complexity index is 662. The molecule has 1 atom stereocenters. The number of nitrogens with zero attached hydrogens (tertiary/aromatic N) is 1. The van der Waals surface area contributed by atoms with E-state index in [2.05, 4.69) is 16.8 Å². The second-order valence-electron chi connectivity index (χ2n) is 6.06. The smallest absolute Gasteiger partial charge is 0.124 e. The Hall–Kier alpha value is -1.06. The lowest BCUT2D eigenvalue weighted by molar-refractivity contribution is 0.459. The molecule has 4 rings (SSSR count). The summed E-state index contributed by atoms with van der Waals surface area (Å²) in [5.41, 5.74) is 5.34. The minimum Gasteiger partial charge on any atom is -0.344 e. The van der Waals surface area contributed by atoms with Gasteiger partial charge in [0.2, 0.25) is 0 Å². The second-order valence-corrected chi connectivity index (χ2v) is 6.06. The zero-order chi connectivity index (χ0) is 13.0. The normalized spacial score (nSPS) is 21.2. The molecule has 2 aliphatic rings. The summed E-state index contributed by atoms with van der Waals surface area (Å²) in [6.45, 7) is 5.40. The Kier molecular flexibility index (Phi) is 3.51. The van der Waals surface area contributed by atoms with Crippen molar-refractivity contribution in [2.75, 3.05) is 13.1 Å². The Balaban J connectivity index is 0.00000121. The highest BCUT2D eigenvalue weighted by Crippen LogP contribution is 2.36. The first kappa shape index (κ1) is 13.9. The Labute approximate surface area is 124 Å². The molecule has 0 spiro atoms. The largest absolute Gasteiger partial charge is 0.344 e. The predicted molar refractivity (Wildman–Crippen MR) is 82.3 cm³/mol. The van der Waals surface area contributed by atoms with Gasteiger partial charge in [0, 0.05) is 30.6 Å². The van der Waals surface area contributed by atoms with Gasteiger partial charge in [0.05, 0.1) is 5.52 Å². The maximum Gasteiger partial charge on any atom is 0.124 e. The summed E-state index contributed by atoms with van der Waals surface area (Å²) in [7, 11) is 0. The van der Waals surface area contributed by atoms with Crippen molar-refractivity contribution in [3.8, 4) is 0 Å². The number of fused-ring (bicyclic) bond motifs is 3. The summed E-state index contributed by atoms with van der Waals surface area (Å²) in [6, 6.07) is 3.49. The summed E-state index contributed by atoms with van der Waals surface area (Å²) in [4.78, 5) is 0. The van der Waals surface area contributed by atoms with Gasteiger partial charge in [0.25, 0.3) is 0 Å². The van der Waals surface area contributed by atoms with Gasteiger partial charge in [-0.25, -0.2) is 4.39 Å². The fraction of sp³-hybridized carbons (Fsp3) is 0.500. The fourth-order valence-electron chi connectivity index (χ4n) is 3.88. The molecule has 4 heteroatoms. The van der Waals surface area contributed by atoms with Gasteiger partial charge in [-0.3, -0.25) is 0 Å². The van der Waals surface area contributed by atoms with E-state index in [4.69, 9.17) is 0 Å². The number of rotatable bonds is 0. The van der Waals surface area contributed by atoms with Crippen LogP contribution in [-0.2, 0) is 25.8 Å². The molecule has 2 aromatic rings. The molecule has 3 heterocycles. The van der Waals surface area contributed by atoms with Crippen LogP contribution in [0.4, 0.5) is 4.39 Å². The zero-order valence-electron chi connectivity index (χ0n) is 11.7. The van der Waals surface area contributed by atoms with E-state index < -0.39 is 0 Å². The van der Waals surface area contributed by atoms with E-state index in [0.29, 0.717) is 5.92 Å². The van der Waals surface area contributed by atoms with Crippen molar-refractivity contribution in [3.63, 3.8) is 0 Å². The number of benzene rings is 1. The minimum absolute atomic E-state index is 0. The van der Waals surface area contributed by atoms with Gasteiger partial charge in [-0.15, -0.1) is 12.4 Å². The SMILES string of the molecule is CC1Cc2cc(F)cc3c4c(n(c23)C1)CCNCC4.Cl. The zero-order valence-corrected chi connectivity index (χ0v) is 12.5. The van der Waals surface area contributed by atoms with Crippen LogP contribution >= 0.6 is 12.4 Å². The van der Waals surface area contributed by atoms with E-state index in [-0.39, 0.29) is 18.2 Å². The fourth-order valence-corrected chi connectivity index (χ4v) is 3.88. The molecule has 0 radical (unpaired) electrons. The Morgan fingerprint density at radius 1 is 1.25 bits per heavy atom. The highest BCUT2D eigenvalue weighted by atomic mass is 35.5. The summed E-state index contributed by atoms with van der Waals surface area (Å²) < 4.78 is 16.4. The molecule has 0 saturated carbocycles. The second kappa shape index (κ2) is 5.05. The van der Waals surface area contributed by atoms with Crippen LogP contribution in [0.3, 0.4) is 0 Å². The maximum absolute atomic E-state index is 13.9. The van der Waals surface area contributed by atoms with E-state index in [0.717, 1.165) is 38.9 Å². The van der Waals surface area contributed by atoms with Crippen molar-refractivity contribution >= 4 is 23.3 Å². The highest BCUT2D eigenvalue weighted by molar-refractivity contribution is 5.89. The van der Waals surface area contributed by atoms with Crippen LogP contribution in [0, 0.1) is 11.7 Å². The van der Waals surface area contributed by atoms with Gasteiger partial charge >= 0.3 is 0 Å². The van der Waals surface area contributed by atoms with Gasteiger partial charge in [-0.1, -0.05) is 6.92 Å². The molecule has 0 saturated heterocycles. The highest BCUT2D eigenvalue weighted by Gasteiger charge is 2.26. The average Bonchev–Trinajstić information content (AvgIpc) is 2.55. The summed E-state index contributed by atoms with van der Waals surface area (Å²) in [5, 5.41) is 4.61. The van der Waals surface area contributed by atoms with Crippen LogP contribution < -0.4 is 5.32 Å². The molecule has 0 bridgehead atoms. The molecule has 0 aliphatic carbocycles. The van der Waals surface area contributed by atoms with Crippen molar-refractivity contribution in [3.05, 3.63) is 34.8 Å². The summed E-state index contributed by atoms with van der Waals surface area (Å²) in [6.07, 6.45) is 3.10. The van der Waals surface area contributed by atoms with Crippen LogP contribution in [0.1, 0.15) is 23.7 Å². The van der Waals surface area contributed by atoms with Crippen LogP contribution in [0.25, 0.3) is 10.9 Å². The third kappa shape index (κ3) is 1.95. The molecule has 20 heavy (non-hydrogen) atoms. The molecule has 1 unspecified atom stereocenters. The first-order valence-corrected chi connectivity index (χ1v) is 7.27. The van der Waals surface area contributed by atoms with Crippen molar-refractivity contribution in [1.82, 2.24) is 9.88 Å². The molecule has 1 aromatic heterocycles. The molecule has 1 aromatic carbocycles. The predicted octanol–water partition coefficient (Wildman–Crippen LogP) is 3.08. The molecule has 108 valence electrons. The van der Waals surface area contributed by atoms with Gasteiger partial charge in [-0.05, 0) is 48.6 Å². The van der Waals surface area contributed by atoms with Gasteiger partial charge in [-0.2, -0.15) is 0 Å². The number of hydrogen-bond acceptors (Lipinski definition) is 1. The van der Waals surface area contributed by atoms with Crippen LogP contribution in [-0.4, -0.2) is 17.7 Å². The Morgan fingerprint density at radius 3 is 2.90 bits per heavy atom. The number of aromatic nitrogens is 1. The van der Waals surface area contributed by atoms with Crippen molar-refractivity contribution in [2.24, 2.45) is 5.92 Å². The molecule has 0 amide bonds. The number of hydrogen-bond donors (Lipinski definition) is 1. The lowest BCUT2D eigenvalue weighted by atomic mass is 9.95.